The maximum Gasteiger partial charge on any atom is 0.146 e. The zero-order chi connectivity index (χ0) is 14.6. The summed E-state index contributed by atoms with van der Waals surface area (Å²) in [5, 5.41) is 3.08. The summed E-state index contributed by atoms with van der Waals surface area (Å²) < 4.78 is 27.4. The van der Waals surface area contributed by atoms with Crippen LogP contribution in [0.3, 0.4) is 0 Å². The van der Waals surface area contributed by atoms with Crippen molar-refractivity contribution in [1.82, 2.24) is 0 Å². The van der Waals surface area contributed by atoms with E-state index in [1.165, 1.54) is 12.1 Å². The molecule has 4 heteroatoms. The van der Waals surface area contributed by atoms with Crippen molar-refractivity contribution in [3.05, 3.63) is 65.7 Å². The van der Waals surface area contributed by atoms with Crippen molar-refractivity contribution in [2.24, 2.45) is 5.73 Å². The van der Waals surface area contributed by atoms with E-state index in [0.29, 0.717) is 17.7 Å². The largest absolute Gasteiger partial charge is 0.376 e. The van der Waals surface area contributed by atoms with Gasteiger partial charge >= 0.3 is 0 Å². The van der Waals surface area contributed by atoms with Gasteiger partial charge in [-0.1, -0.05) is 30.3 Å². The molecule has 2 nitrogen and oxygen atoms in total. The van der Waals surface area contributed by atoms with Gasteiger partial charge in [0.25, 0.3) is 0 Å². The summed E-state index contributed by atoms with van der Waals surface area (Å²) in [4.78, 5) is 0. The zero-order valence-corrected chi connectivity index (χ0v) is 11.4. The van der Waals surface area contributed by atoms with Crippen molar-refractivity contribution in [3.63, 3.8) is 0 Å². The maximum absolute atomic E-state index is 13.7. The molecule has 0 radical (unpaired) electrons. The lowest BCUT2D eigenvalue weighted by Crippen LogP contribution is -2.45. The average Bonchev–Trinajstić information content (AvgIpc) is 2.44. The van der Waals surface area contributed by atoms with Gasteiger partial charge < -0.3 is 11.1 Å². The van der Waals surface area contributed by atoms with Gasteiger partial charge in [-0.05, 0) is 37.1 Å². The molecule has 0 amide bonds. The summed E-state index contributed by atoms with van der Waals surface area (Å²) in [5.74, 6) is -0.622. The van der Waals surface area contributed by atoms with Crippen molar-refractivity contribution in [1.29, 1.82) is 0 Å². The Hall–Kier alpha value is -1.94. The van der Waals surface area contributed by atoms with Crippen LogP contribution in [0.2, 0.25) is 0 Å². The fraction of sp³-hybridized carbons (Fsp3) is 0.250. The molecule has 0 aliphatic rings. The summed E-state index contributed by atoms with van der Waals surface area (Å²) in [5.41, 5.74) is 6.11. The Balaban J connectivity index is 2.22. The monoisotopic (exact) mass is 276 g/mol. The number of nitrogens with one attached hydrogen (secondary N) is 1. The third-order valence-electron chi connectivity index (χ3n) is 3.30. The molecule has 0 aliphatic heterocycles. The Morgan fingerprint density at radius 1 is 1.00 bits per heavy atom. The van der Waals surface area contributed by atoms with Crippen LogP contribution in [0.25, 0.3) is 0 Å². The van der Waals surface area contributed by atoms with E-state index in [9.17, 15) is 8.78 Å². The number of hydrogen-bond donors (Lipinski definition) is 2. The number of hydrogen-bond acceptors (Lipinski definition) is 2. The molecule has 3 N–H and O–H groups in total. The van der Waals surface area contributed by atoms with Crippen molar-refractivity contribution < 1.29 is 8.78 Å². The van der Waals surface area contributed by atoms with E-state index in [2.05, 4.69) is 5.32 Å². The molecule has 1 unspecified atom stereocenters. The second-order valence-corrected chi connectivity index (χ2v) is 5.14. The maximum atomic E-state index is 13.7. The number of benzene rings is 2. The highest BCUT2D eigenvalue weighted by atomic mass is 19.1. The first-order chi connectivity index (χ1) is 9.54. The summed E-state index contributed by atoms with van der Waals surface area (Å²) in [7, 11) is 0. The van der Waals surface area contributed by atoms with Gasteiger partial charge in [0.05, 0.1) is 11.2 Å². The predicted molar refractivity (Wildman–Crippen MR) is 77.6 cm³/mol. The first-order valence-electron chi connectivity index (χ1n) is 6.50. The van der Waals surface area contributed by atoms with Crippen LogP contribution >= 0.6 is 0 Å². The van der Waals surface area contributed by atoms with Gasteiger partial charge in [-0.15, -0.1) is 0 Å². The Kier molecular flexibility index (Phi) is 4.35. The fourth-order valence-electron chi connectivity index (χ4n) is 2.12. The Morgan fingerprint density at radius 2 is 1.60 bits per heavy atom. The van der Waals surface area contributed by atoms with Gasteiger partial charge in [0.15, 0.2) is 0 Å². The van der Waals surface area contributed by atoms with Crippen molar-refractivity contribution in [3.8, 4) is 0 Å². The van der Waals surface area contributed by atoms with Gasteiger partial charge in [-0.25, -0.2) is 8.78 Å². The molecule has 0 saturated carbocycles. The zero-order valence-electron chi connectivity index (χ0n) is 11.4. The summed E-state index contributed by atoms with van der Waals surface area (Å²) in [6.45, 7) is 2.11. The standard InChI is InChI=1S/C16H18F2N2/c1-16(11-19,10-12-6-2-3-7-13(12)17)20-15-9-5-4-8-14(15)18/h2-9,20H,10-11,19H2,1H3. The first kappa shape index (κ1) is 14.5. The molecule has 2 aromatic rings. The fourth-order valence-corrected chi connectivity index (χ4v) is 2.12. The number of anilines is 1. The van der Waals surface area contributed by atoms with Gasteiger partial charge in [0.1, 0.15) is 11.6 Å². The van der Waals surface area contributed by atoms with E-state index < -0.39 is 5.54 Å². The second-order valence-electron chi connectivity index (χ2n) is 5.14. The van der Waals surface area contributed by atoms with E-state index >= 15 is 0 Å². The van der Waals surface area contributed by atoms with E-state index in [1.54, 1.807) is 36.4 Å². The molecular weight excluding hydrogens is 258 g/mol. The summed E-state index contributed by atoms with van der Waals surface area (Å²) >= 11 is 0. The number of para-hydroxylation sites is 1. The van der Waals surface area contributed by atoms with Crippen LogP contribution in [-0.2, 0) is 6.42 Å². The quantitative estimate of drug-likeness (QED) is 0.879. The van der Waals surface area contributed by atoms with Crippen LogP contribution in [0.4, 0.5) is 14.5 Å². The minimum Gasteiger partial charge on any atom is -0.376 e. The van der Waals surface area contributed by atoms with Gasteiger partial charge in [-0.2, -0.15) is 0 Å². The van der Waals surface area contributed by atoms with Gasteiger partial charge in [0, 0.05) is 6.54 Å². The lowest BCUT2D eigenvalue weighted by Gasteiger charge is -2.31. The topological polar surface area (TPSA) is 38.0 Å². The molecule has 2 rings (SSSR count). The molecular formula is C16H18F2N2. The lowest BCUT2D eigenvalue weighted by atomic mass is 9.92. The van der Waals surface area contributed by atoms with Crippen molar-refractivity contribution >= 4 is 5.69 Å². The van der Waals surface area contributed by atoms with Gasteiger partial charge in [-0.3, -0.25) is 0 Å². The van der Waals surface area contributed by atoms with E-state index in [1.807, 2.05) is 6.92 Å². The molecule has 1 atom stereocenters. The Labute approximate surface area is 117 Å². The molecule has 20 heavy (non-hydrogen) atoms. The molecule has 0 aromatic heterocycles. The highest BCUT2D eigenvalue weighted by molar-refractivity contribution is 5.47. The lowest BCUT2D eigenvalue weighted by molar-refractivity contribution is 0.497. The number of rotatable bonds is 5. The van der Waals surface area contributed by atoms with Gasteiger partial charge in [0.2, 0.25) is 0 Å². The van der Waals surface area contributed by atoms with Crippen molar-refractivity contribution in [2.45, 2.75) is 18.9 Å². The molecule has 0 aliphatic carbocycles. The predicted octanol–water partition coefficient (Wildman–Crippen LogP) is 3.34. The van der Waals surface area contributed by atoms with Crippen LogP contribution in [0.15, 0.2) is 48.5 Å². The van der Waals surface area contributed by atoms with Crippen LogP contribution in [0.1, 0.15) is 12.5 Å². The normalized spacial score (nSPS) is 13.8. The van der Waals surface area contributed by atoms with Crippen LogP contribution in [-0.4, -0.2) is 12.1 Å². The molecule has 0 fully saturated rings. The smallest absolute Gasteiger partial charge is 0.146 e. The molecule has 0 heterocycles. The minimum absolute atomic E-state index is 0.260. The first-order valence-corrected chi connectivity index (χ1v) is 6.50. The highest BCUT2D eigenvalue weighted by Gasteiger charge is 2.25. The van der Waals surface area contributed by atoms with E-state index in [0.717, 1.165) is 0 Å². The molecule has 106 valence electrons. The third kappa shape index (κ3) is 3.33. The van der Waals surface area contributed by atoms with Crippen molar-refractivity contribution in [2.75, 3.05) is 11.9 Å². The van der Waals surface area contributed by atoms with Crippen LogP contribution in [0.5, 0.6) is 0 Å². The number of halogens is 2. The molecule has 0 bridgehead atoms. The average molecular weight is 276 g/mol. The van der Waals surface area contributed by atoms with E-state index in [-0.39, 0.29) is 18.2 Å². The SMILES string of the molecule is CC(CN)(Cc1ccccc1F)Nc1ccccc1F. The molecule has 0 spiro atoms. The summed E-state index contributed by atoms with van der Waals surface area (Å²) in [6, 6.07) is 12.9. The van der Waals surface area contributed by atoms with Crippen LogP contribution < -0.4 is 11.1 Å². The second kappa shape index (κ2) is 6.01. The number of nitrogens with two attached hydrogens (primary N) is 1. The molecule has 0 saturated heterocycles. The minimum atomic E-state index is -0.621. The highest BCUT2D eigenvalue weighted by Crippen LogP contribution is 2.22. The van der Waals surface area contributed by atoms with Crippen LogP contribution in [0, 0.1) is 11.6 Å². The third-order valence-corrected chi connectivity index (χ3v) is 3.30. The summed E-state index contributed by atoms with van der Waals surface area (Å²) in [6.07, 6.45) is 0.379. The Morgan fingerprint density at radius 3 is 2.20 bits per heavy atom. The van der Waals surface area contributed by atoms with E-state index in [4.69, 9.17) is 5.73 Å². The Bertz CT molecular complexity index is 537. The molecule has 2 aromatic carbocycles.